The van der Waals surface area contributed by atoms with Crippen LogP contribution in [-0.4, -0.2) is 18.5 Å². The second-order valence-electron chi connectivity index (χ2n) is 5.47. The maximum atomic E-state index is 12.8. The first kappa shape index (κ1) is 14.3. The van der Waals surface area contributed by atoms with E-state index >= 15 is 0 Å². The van der Waals surface area contributed by atoms with E-state index in [0.29, 0.717) is 12.1 Å². The molecule has 1 unspecified atom stereocenters. The molecule has 0 spiro atoms. The summed E-state index contributed by atoms with van der Waals surface area (Å²) < 4.78 is 1.01. The molecule has 2 N–H and O–H groups in total. The molecule has 0 radical (unpaired) electrons. The molecule has 0 aromatic heterocycles. The average Bonchev–Trinajstić information content (AvgIpc) is 2.48. The topological polar surface area (TPSA) is 46.3 Å². The summed E-state index contributed by atoms with van der Waals surface area (Å²) in [4.78, 5) is 14.6. The van der Waals surface area contributed by atoms with Crippen molar-refractivity contribution >= 4 is 27.5 Å². The predicted octanol–water partition coefficient (Wildman–Crippen LogP) is 3.29. The number of nitrogens with two attached hydrogens (primary N) is 1. The summed E-state index contributed by atoms with van der Waals surface area (Å²) >= 11 is 3.46. The fourth-order valence-electron chi connectivity index (χ4n) is 2.75. The average molecular weight is 345 g/mol. The number of nitrogens with zero attached hydrogens (tertiary/aromatic N) is 1. The molecule has 1 heterocycles. The summed E-state index contributed by atoms with van der Waals surface area (Å²) in [6, 6.07) is 13.6. The minimum absolute atomic E-state index is 0.00759. The number of carbonyl (C=O) groups excluding carboxylic acids is 1. The van der Waals surface area contributed by atoms with Gasteiger partial charge in [0.15, 0.2) is 0 Å². The number of fused-ring (bicyclic) bond motifs is 1. The van der Waals surface area contributed by atoms with Crippen LogP contribution in [0.4, 0.5) is 5.69 Å². The van der Waals surface area contributed by atoms with Gasteiger partial charge in [0, 0.05) is 28.3 Å². The number of aryl methyl sites for hydroxylation is 1. The second kappa shape index (κ2) is 5.62. The molecule has 0 saturated heterocycles. The summed E-state index contributed by atoms with van der Waals surface area (Å²) in [6.45, 7) is 2.54. The standard InChI is InChI=1S/C17H17BrN2O/c1-11-8-13(6-7-15(11)18)17(21)20-10-14(19)9-12-4-2-3-5-16(12)20/h2-8,14H,9-10,19H2,1H3. The highest BCUT2D eigenvalue weighted by Crippen LogP contribution is 2.28. The van der Waals surface area contributed by atoms with Crippen molar-refractivity contribution in [1.82, 2.24) is 0 Å². The van der Waals surface area contributed by atoms with Crippen molar-refractivity contribution in [2.24, 2.45) is 5.73 Å². The fraction of sp³-hybridized carbons (Fsp3) is 0.235. The highest BCUT2D eigenvalue weighted by Gasteiger charge is 2.27. The van der Waals surface area contributed by atoms with Crippen LogP contribution in [0.2, 0.25) is 0 Å². The largest absolute Gasteiger partial charge is 0.326 e. The molecule has 2 aromatic carbocycles. The van der Waals surface area contributed by atoms with Crippen LogP contribution in [0.5, 0.6) is 0 Å². The first-order chi connectivity index (χ1) is 10.1. The van der Waals surface area contributed by atoms with Crippen LogP contribution in [0.1, 0.15) is 21.5 Å². The van der Waals surface area contributed by atoms with Gasteiger partial charge in [-0.25, -0.2) is 0 Å². The maximum absolute atomic E-state index is 12.8. The third-order valence-corrected chi connectivity index (χ3v) is 4.72. The summed E-state index contributed by atoms with van der Waals surface area (Å²) in [6.07, 6.45) is 0.819. The van der Waals surface area contributed by atoms with Gasteiger partial charge in [-0.15, -0.1) is 0 Å². The molecular weight excluding hydrogens is 328 g/mol. The Kier molecular flexibility index (Phi) is 3.83. The molecule has 3 rings (SSSR count). The zero-order chi connectivity index (χ0) is 15.0. The van der Waals surface area contributed by atoms with Gasteiger partial charge in [0.1, 0.15) is 0 Å². The van der Waals surface area contributed by atoms with E-state index in [1.54, 1.807) is 4.90 Å². The van der Waals surface area contributed by atoms with E-state index in [1.807, 2.05) is 49.4 Å². The van der Waals surface area contributed by atoms with Crippen molar-refractivity contribution in [3.8, 4) is 0 Å². The van der Waals surface area contributed by atoms with Crippen LogP contribution in [0, 0.1) is 6.92 Å². The van der Waals surface area contributed by atoms with Crippen molar-refractivity contribution < 1.29 is 4.79 Å². The van der Waals surface area contributed by atoms with Crippen molar-refractivity contribution in [3.63, 3.8) is 0 Å². The summed E-state index contributed by atoms with van der Waals surface area (Å²) in [5.74, 6) is 0.00759. The Morgan fingerprint density at radius 3 is 2.81 bits per heavy atom. The van der Waals surface area contributed by atoms with Crippen LogP contribution in [0.15, 0.2) is 46.9 Å². The SMILES string of the molecule is Cc1cc(C(=O)N2CC(N)Cc3ccccc32)ccc1Br. The Morgan fingerprint density at radius 1 is 1.29 bits per heavy atom. The zero-order valence-electron chi connectivity index (χ0n) is 11.8. The van der Waals surface area contributed by atoms with Gasteiger partial charge < -0.3 is 10.6 Å². The van der Waals surface area contributed by atoms with Gasteiger partial charge in [-0.3, -0.25) is 4.79 Å². The van der Waals surface area contributed by atoms with Crippen LogP contribution < -0.4 is 10.6 Å². The van der Waals surface area contributed by atoms with Gasteiger partial charge in [-0.2, -0.15) is 0 Å². The van der Waals surface area contributed by atoms with Crippen molar-refractivity contribution in [3.05, 3.63) is 63.6 Å². The number of para-hydroxylation sites is 1. The minimum atomic E-state index is -0.0135. The molecule has 0 bridgehead atoms. The Balaban J connectivity index is 1.99. The number of benzene rings is 2. The van der Waals surface area contributed by atoms with Gasteiger partial charge in [-0.05, 0) is 48.7 Å². The molecule has 0 fully saturated rings. The maximum Gasteiger partial charge on any atom is 0.258 e. The number of anilines is 1. The lowest BCUT2D eigenvalue weighted by Gasteiger charge is -2.33. The zero-order valence-corrected chi connectivity index (χ0v) is 13.4. The van der Waals surface area contributed by atoms with Gasteiger partial charge in [0.2, 0.25) is 0 Å². The molecule has 2 aromatic rings. The van der Waals surface area contributed by atoms with E-state index in [-0.39, 0.29) is 11.9 Å². The summed E-state index contributed by atoms with van der Waals surface area (Å²) in [5.41, 5.74) is 9.97. The Morgan fingerprint density at radius 2 is 2.05 bits per heavy atom. The van der Waals surface area contributed by atoms with Crippen LogP contribution in [0.3, 0.4) is 0 Å². The van der Waals surface area contributed by atoms with E-state index in [0.717, 1.165) is 27.7 Å². The first-order valence-electron chi connectivity index (χ1n) is 6.98. The van der Waals surface area contributed by atoms with E-state index in [1.165, 1.54) is 0 Å². The molecule has 0 aliphatic carbocycles. The molecule has 1 amide bonds. The number of hydrogen-bond acceptors (Lipinski definition) is 2. The van der Waals surface area contributed by atoms with E-state index in [4.69, 9.17) is 5.73 Å². The van der Waals surface area contributed by atoms with Crippen molar-refractivity contribution in [2.75, 3.05) is 11.4 Å². The quantitative estimate of drug-likeness (QED) is 0.862. The molecule has 1 aliphatic heterocycles. The lowest BCUT2D eigenvalue weighted by atomic mass is 9.97. The molecule has 1 aliphatic rings. The summed E-state index contributed by atoms with van der Waals surface area (Å²) in [7, 11) is 0. The van der Waals surface area contributed by atoms with E-state index in [9.17, 15) is 4.79 Å². The lowest BCUT2D eigenvalue weighted by Crippen LogP contribution is -2.46. The highest BCUT2D eigenvalue weighted by molar-refractivity contribution is 9.10. The number of hydrogen-bond donors (Lipinski definition) is 1. The molecule has 108 valence electrons. The normalized spacial score (nSPS) is 17.5. The van der Waals surface area contributed by atoms with Gasteiger partial charge in [0.05, 0.1) is 0 Å². The number of rotatable bonds is 1. The molecule has 4 heteroatoms. The third-order valence-electron chi connectivity index (χ3n) is 3.83. The molecule has 1 atom stereocenters. The van der Waals surface area contributed by atoms with Gasteiger partial charge in [0.25, 0.3) is 5.91 Å². The predicted molar refractivity (Wildman–Crippen MR) is 88.7 cm³/mol. The van der Waals surface area contributed by atoms with Gasteiger partial charge >= 0.3 is 0 Å². The Bertz CT molecular complexity index is 699. The van der Waals surface area contributed by atoms with Crippen LogP contribution in [0.25, 0.3) is 0 Å². The van der Waals surface area contributed by atoms with Crippen molar-refractivity contribution in [1.29, 1.82) is 0 Å². The monoisotopic (exact) mass is 344 g/mol. The number of amides is 1. The Hall–Kier alpha value is -1.65. The van der Waals surface area contributed by atoms with E-state index < -0.39 is 0 Å². The van der Waals surface area contributed by atoms with Crippen molar-refractivity contribution in [2.45, 2.75) is 19.4 Å². The molecule has 21 heavy (non-hydrogen) atoms. The molecule has 3 nitrogen and oxygen atoms in total. The summed E-state index contributed by atoms with van der Waals surface area (Å²) in [5, 5.41) is 0. The number of carbonyl (C=O) groups is 1. The minimum Gasteiger partial charge on any atom is -0.326 e. The Labute approximate surface area is 132 Å². The third kappa shape index (κ3) is 2.74. The highest BCUT2D eigenvalue weighted by atomic mass is 79.9. The van der Waals surface area contributed by atoms with Gasteiger partial charge in [-0.1, -0.05) is 34.1 Å². The van der Waals surface area contributed by atoms with E-state index in [2.05, 4.69) is 15.9 Å². The lowest BCUT2D eigenvalue weighted by molar-refractivity contribution is 0.0983. The first-order valence-corrected chi connectivity index (χ1v) is 7.77. The second-order valence-corrected chi connectivity index (χ2v) is 6.33. The fourth-order valence-corrected chi connectivity index (χ4v) is 3.00. The van der Waals surface area contributed by atoms with Crippen LogP contribution in [-0.2, 0) is 6.42 Å². The molecule has 0 saturated carbocycles. The number of halogens is 1. The molecular formula is C17H17BrN2O. The smallest absolute Gasteiger partial charge is 0.258 e. The van der Waals surface area contributed by atoms with Crippen LogP contribution >= 0.6 is 15.9 Å².